The lowest BCUT2D eigenvalue weighted by Gasteiger charge is -2.34. The molecule has 0 aromatic heterocycles. The van der Waals surface area contributed by atoms with Gasteiger partial charge >= 0.3 is 0 Å². The lowest BCUT2D eigenvalue weighted by Crippen LogP contribution is -2.48. The molecule has 1 aromatic rings. The molecule has 146 valence electrons. The summed E-state index contributed by atoms with van der Waals surface area (Å²) >= 11 is 6.16. The Kier molecular flexibility index (Phi) is 7.07. The number of nitrogens with one attached hydrogen (secondary N) is 1. The summed E-state index contributed by atoms with van der Waals surface area (Å²) in [5, 5.41) is 2.98. The molecule has 0 bridgehead atoms. The minimum absolute atomic E-state index is 0.0178. The van der Waals surface area contributed by atoms with Crippen molar-refractivity contribution in [2.24, 2.45) is 0 Å². The first-order chi connectivity index (χ1) is 12.1. The number of hydrogen-bond donors (Lipinski definition) is 1. The third kappa shape index (κ3) is 4.97. The second kappa shape index (κ2) is 8.69. The first-order valence-corrected chi connectivity index (χ1v) is 10.7. The Bertz CT molecular complexity index is 744. The van der Waals surface area contributed by atoms with Crippen LogP contribution < -0.4 is 5.32 Å². The molecule has 0 aliphatic carbocycles. The Balaban J connectivity index is 2.29. The van der Waals surface area contributed by atoms with Gasteiger partial charge in [0.1, 0.15) is 4.90 Å². The molecule has 1 aromatic carbocycles. The van der Waals surface area contributed by atoms with Crippen LogP contribution in [0.3, 0.4) is 0 Å². The first kappa shape index (κ1) is 21.2. The van der Waals surface area contributed by atoms with E-state index < -0.39 is 10.0 Å². The van der Waals surface area contributed by atoms with Crippen molar-refractivity contribution in [2.75, 3.05) is 13.1 Å². The van der Waals surface area contributed by atoms with Crippen molar-refractivity contribution >= 4 is 27.5 Å². The number of benzene rings is 1. The second-order valence-corrected chi connectivity index (χ2v) is 9.20. The normalized spacial score (nSPS) is 22.8. The summed E-state index contributed by atoms with van der Waals surface area (Å²) in [5.74, 6) is -0.303. The number of halogens is 1. The summed E-state index contributed by atoms with van der Waals surface area (Å²) in [6.45, 7) is 8.14. The molecular weight excluding hydrogens is 376 g/mol. The molecule has 1 N–H and O–H groups in total. The van der Waals surface area contributed by atoms with Crippen molar-refractivity contribution in [1.29, 1.82) is 0 Å². The largest absolute Gasteiger partial charge is 0.373 e. The predicted octanol–water partition coefficient (Wildman–Crippen LogP) is 3.06. The van der Waals surface area contributed by atoms with E-state index >= 15 is 0 Å². The highest BCUT2D eigenvalue weighted by Gasteiger charge is 2.33. The van der Waals surface area contributed by atoms with E-state index in [9.17, 15) is 13.2 Å². The van der Waals surface area contributed by atoms with Gasteiger partial charge in [0.05, 0.1) is 17.2 Å². The van der Waals surface area contributed by atoms with Gasteiger partial charge in [0.25, 0.3) is 5.91 Å². The predicted molar refractivity (Wildman–Crippen MR) is 102 cm³/mol. The van der Waals surface area contributed by atoms with Gasteiger partial charge in [-0.25, -0.2) is 8.42 Å². The van der Waals surface area contributed by atoms with Crippen LogP contribution in [0.4, 0.5) is 0 Å². The number of nitrogens with zero attached hydrogens (tertiary/aromatic N) is 1. The molecule has 1 aliphatic rings. The highest BCUT2D eigenvalue weighted by molar-refractivity contribution is 7.89. The van der Waals surface area contributed by atoms with Crippen LogP contribution in [0, 0.1) is 0 Å². The Morgan fingerprint density at radius 1 is 1.35 bits per heavy atom. The molecule has 0 saturated carbocycles. The van der Waals surface area contributed by atoms with Crippen LogP contribution in [-0.2, 0) is 14.8 Å². The van der Waals surface area contributed by atoms with Crippen LogP contribution in [0.5, 0.6) is 0 Å². The van der Waals surface area contributed by atoms with Gasteiger partial charge in [-0.15, -0.1) is 0 Å². The minimum atomic E-state index is -3.81. The molecule has 8 heteroatoms. The molecule has 6 nitrogen and oxygen atoms in total. The number of hydrogen-bond acceptors (Lipinski definition) is 4. The molecule has 3 unspecified atom stereocenters. The molecule has 1 amide bonds. The Hall–Kier alpha value is -1.15. The van der Waals surface area contributed by atoms with E-state index in [0.717, 1.165) is 12.8 Å². The molecule has 0 spiro atoms. The van der Waals surface area contributed by atoms with Crippen molar-refractivity contribution in [3.63, 3.8) is 0 Å². The summed E-state index contributed by atoms with van der Waals surface area (Å²) < 4.78 is 33.1. The SMILES string of the molecule is CCCC(C)NC(=O)c1ccc(Cl)c(S(=O)(=O)N2CC(C)OC(C)C2)c1. The maximum atomic E-state index is 13.1. The molecule has 1 fully saturated rings. The van der Waals surface area contributed by atoms with Crippen LogP contribution in [0.15, 0.2) is 23.1 Å². The quantitative estimate of drug-likeness (QED) is 0.793. The van der Waals surface area contributed by atoms with Gasteiger partial charge < -0.3 is 10.1 Å². The van der Waals surface area contributed by atoms with Gasteiger partial charge in [-0.05, 0) is 45.4 Å². The van der Waals surface area contributed by atoms with E-state index in [0.29, 0.717) is 0 Å². The van der Waals surface area contributed by atoms with Crippen LogP contribution >= 0.6 is 11.6 Å². The number of sulfonamides is 1. The number of rotatable bonds is 6. The Morgan fingerprint density at radius 3 is 2.54 bits per heavy atom. The average Bonchev–Trinajstić information content (AvgIpc) is 2.54. The highest BCUT2D eigenvalue weighted by atomic mass is 35.5. The third-order valence-electron chi connectivity index (χ3n) is 4.30. The average molecular weight is 403 g/mol. The van der Waals surface area contributed by atoms with Crippen molar-refractivity contribution in [3.8, 4) is 0 Å². The fourth-order valence-corrected chi connectivity index (χ4v) is 5.21. The van der Waals surface area contributed by atoms with E-state index in [-0.39, 0.29) is 52.7 Å². The lowest BCUT2D eigenvalue weighted by atomic mass is 10.1. The maximum Gasteiger partial charge on any atom is 0.251 e. The van der Waals surface area contributed by atoms with E-state index in [1.165, 1.54) is 16.4 Å². The fraction of sp³-hybridized carbons (Fsp3) is 0.611. The van der Waals surface area contributed by atoms with Crippen molar-refractivity contribution < 1.29 is 17.9 Å². The smallest absolute Gasteiger partial charge is 0.251 e. The van der Waals surface area contributed by atoms with Crippen LogP contribution in [0.2, 0.25) is 5.02 Å². The summed E-state index contributed by atoms with van der Waals surface area (Å²) in [6.07, 6.45) is 1.41. The Morgan fingerprint density at radius 2 is 1.96 bits per heavy atom. The first-order valence-electron chi connectivity index (χ1n) is 8.91. The lowest BCUT2D eigenvalue weighted by molar-refractivity contribution is -0.0440. The number of morpholine rings is 1. The molecule has 0 radical (unpaired) electrons. The minimum Gasteiger partial charge on any atom is -0.373 e. The van der Waals surface area contributed by atoms with Gasteiger partial charge in [0.2, 0.25) is 10.0 Å². The van der Waals surface area contributed by atoms with Crippen molar-refractivity contribution in [1.82, 2.24) is 9.62 Å². The van der Waals surface area contributed by atoms with Crippen molar-refractivity contribution in [2.45, 2.75) is 63.7 Å². The molecule has 1 aliphatic heterocycles. The number of carbonyl (C=O) groups is 1. The molecule has 1 saturated heterocycles. The van der Waals surface area contributed by atoms with E-state index in [2.05, 4.69) is 5.32 Å². The van der Waals surface area contributed by atoms with E-state index in [4.69, 9.17) is 16.3 Å². The third-order valence-corrected chi connectivity index (χ3v) is 6.61. The number of ether oxygens (including phenoxy) is 1. The van der Waals surface area contributed by atoms with Gasteiger partial charge in [0, 0.05) is 24.7 Å². The second-order valence-electron chi connectivity index (χ2n) is 6.89. The van der Waals surface area contributed by atoms with E-state index in [1.54, 1.807) is 6.07 Å². The molecule has 26 heavy (non-hydrogen) atoms. The van der Waals surface area contributed by atoms with Crippen LogP contribution in [0.25, 0.3) is 0 Å². The summed E-state index contributed by atoms with van der Waals surface area (Å²) in [5.41, 5.74) is 0.283. The van der Waals surface area contributed by atoms with Gasteiger partial charge in [-0.1, -0.05) is 24.9 Å². The number of amides is 1. The molecule has 2 rings (SSSR count). The standard InChI is InChI=1S/C18H27ClN2O4S/c1-5-6-12(2)20-18(22)15-7-8-16(19)17(9-15)26(23,24)21-10-13(3)25-14(4)11-21/h7-9,12-14H,5-6,10-11H2,1-4H3,(H,20,22). The highest BCUT2D eigenvalue weighted by Crippen LogP contribution is 2.28. The summed E-state index contributed by atoms with van der Waals surface area (Å²) in [7, 11) is -3.81. The molecular formula is C18H27ClN2O4S. The number of carbonyl (C=O) groups excluding carboxylic acids is 1. The summed E-state index contributed by atoms with van der Waals surface area (Å²) in [6, 6.07) is 4.38. The summed E-state index contributed by atoms with van der Waals surface area (Å²) in [4.78, 5) is 12.4. The monoisotopic (exact) mass is 402 g/mol. The molecule has 3 atom stereocenters. The zero-order valence-electron chi connectivity index (χ0n) is 15.7. The van der Waals surface area contributed by atoms with Crippen LogP contribution in [-0.4, -0.2) is 50.0 Å². The fourth-order valence-electron chi connectivity index (χ4n) is 3.12. The molecule has 1 heterocycles. The van der Waals surface area contributed by atoms with E-state index in [1.807, 2.05) is 27.7 Å². The zero-order valence-corrected chi connectivity index (χ0v) is 17.2. The van der Waals surface area contributed by atoms with Gasteiger partial charge in [0.15, 0.2) is 0 Å². The van der Waals surface area contributed by atoms with Crippen molar-refractivity contribution in [3.05, 3.63) is 28.8 Å². The van der Waals surface area contributed by atoms with Gasteiger partial charge in [-0.2, -0.15) is 4.31 Å². The van der Waals surface area contributed by atoms with Gasteiger partial charge in [-0.3, -0.25) is 4.79 Å². The van der Waals surface area contributed by atoms with Crippen LogP contribution in [0.1, 0.15) is 50.9 Å². The maximum absolute atomic E-state index is 13.1. The topological polar surface area (TPSA) is 75.7 Å². The zero-order chi connectivity index (χ0) is 19.5. The Labute approximate surface area is 160 Å².